The molecule has 0 spiro atoms. The molecule has 1 aliphatic rings. The van der Waals surface area contributed by atoms with Crippen LogP contribution in [-0.4, -0.2) is 75.3 Å². The van der Waals surface area contributed by atoms with Crippen LogP contribution in [0.2, 0.25) is 0 Å². The molecule has 1 aromatic carbocycles. The van der Waals surface area contributed by atoms with Crippen molar-refractivity contribution < 1.29 is 45.9 Å². The lowest BCUT2D eigenvalue weighted by Crippen LogP contribution is -2.27. The lowest BCUT2D eigenvalue weighted by Gasteiger charge is -2.26. The summed E-state index contributed by atoms with van der Waals surface area (Å²) in [5.74, 6) is -2.89. The number of allylic oxidation sites excluding steroid dienone is 2. The van der Waals surface area contributed by atoms with Crippen molar-refractivity contribution >= 4 is 45.5 Å². The Labute approximate surface area is 313 Å². The molecule has 0 saturated carbocycles. The van der Waals surface area contributed by atoms with Gasteiger partial charge < -0.3 is 40.4 Å². The third kappa shape index (κ3) is 11.1. The van der Waals surface area contributed by atoms with Crippen LogP contribution in [0.15, 0.2) is 64.6 Å². The monoisotopic (exact) mass is 772 g/mol. The number of amides is 2. The number of halogens is 2. The van der Waals surface area contributed by atoms with Gasteiger partial charge in [0.1, 0.15) is 12.1 Å². The summed E-state index contributed by atoms with van der Waals surface area (Å²) in [5.41, 5.74) is 8.19. The number of rotatable bonds is 16. The highest BCUT2D eigenvalue weighted by atomic mass is 32.2. The highest BCUT2D eigenvalue weighted by Gasteiger charge is 2.31. The van der Waals surface area contributed by atoms with Crippen LogP contribution < -0.4 is 26.0 Å². The molecule has 1 atom stereocenters. The molecule has 17 heteroatoms. The number of aldehydes is 1. The third-order valence-electron chi connectivity index (χ3n) is 8.32. The molecule has 0 radical (unpaired) electrons. The molecular weight excluding hydrogens is 727 g/mol. The smallest absolute Gasteiger partial charge is 0.254 e. The number of anilines is 2. The van der Waals surface area contributed by atoms with E-state index in [1.54, 1.807) is 19.1 Å². The van der Waals surface area contributed by atoms with E-state index in [1.807, 2.05) is 13.8 Å². The number of sulfone groups is 1. The van der Waals surface area contributed by atoms with Crippen LogP contribution in [-0.2, 0) is 25.2 Å². The van der Waals surface area contributed by atoms with Crippen molar-refractivity contribution in [2.75, 3.05) is 38.0 Å². The molecule has 14 nitrogen and oxygen atoms in total. The largest absolute Gasteiger partial charge is 0.476 e. The second kappa shape index (κ2) is 20.1. The van der Waals surface area contributed by atoms with Crippen LogP contribution in [0, 0.1) is 17.6 Å². The number of nitrogens with zero attached hydrogens (tertiary/aromatic N) is 3. The standard InChI is InChI=1S/C36H42F2N6O7S.CH4O/c1-5-26-24(15-39)18-44(35-31(38)12-25(37)16-42-35)32-13-27(23(20-52(4,48)49)11-28(32)29(26)17-40-21-46)36(47)41-9-7-6-8-10-50-34-14-33(51-43-34)30(19-45)22(2)3;1-2/h5,11-17,19,21-22,30H,6-10,18,20,39H2,1-4H3,(H,40,46)(H,41,47);2H,1H3/b24-15-,26-5-,29-17+;. The second-order valence-electron chi connectivity index (χ2n) is 12.5. The summed E-state index contributed by atoms with van der Waals surface area (Å²) >= 11 is 0. The number of nitrogens with two attached hydrogens (primary N) is 1. The Balaban J connectivity index is 0.00000385. The number of ether oxygens (including phenoxy) is 1. The van der Waals surface area contributed by atoms with Gasteiger partial charge in [-0.25, -0.2) is 22.2 Å². The molecule has 3 heterocycles. The second-order valence-corrected chi connectivity index (χ2v) is 14.7. The number of nitrogens with one attached hydrogen (secondary N) is 2. The van der Waals surface area contributed by atoms with E-state index < -0.39 is 39.0 Å². The first-order chi connectivity index (χ1) is 25.8. The maximum atomic E-state index is 15.3. The van der Waals surface area contributed by atoms with Gasteiger partial charge in [-0.1, -0.05) is 19.9 Å². The molecule has 0 fully saturated rings. The molecule has 4 rings (SSSR count). The van der Waals surface area contributed by atoms with Crippen molar-refractivity contribution in [2.45, 2.75) is 51.7 Å². The van der Waals surface area contributed by atoms with Gasteiger partial charge in [-0.15, -0.1) is 0 Å². The van der Waals surface area contributed by atoms with Gasteiger partial charge in [0.05, 0.1) is 36.7 Å². The van der Waals surface area contributed by atoms with Gasteiger partial charge in [0.15, 0.2) is 27.2 Å². The SMILES string of the molecule is C/C=C1C(=C\N)/CN(c2ncc(F)cc2F)c2cc(C(=O)NCCCCCOc3cc(C(C=O)C(C)C)on3)c(CS(C)(=O)=O)cc2C/1=C/NC=O.CO. The van der Waals surface area contributed by atoms with Crippen molar-refractivity contribution in [2.24, 2.45) is 11.7 Å². The average Bonchev–Trinajstić information content (AvgIpc) is 3.54. The fraction of sp³-hybridized carbons (Fsp3) is 0.378. The van der Waals surface area contributed by atoms with Gasteiger partial charge in [-0.3, -0.25) is 9.59 Å². The normalized spacial score (nSPS) is 15.6. The number of hydrogen-bond acceptors (Lipinski definition) is 12. The molecule has 5 N–H and O–H groups in total. The van der Waals surface area contributed by atoms with Crippen molar-refractivity contribution in [3.63, 3.8) is 0 Å². The first-order valence-corrected chi connectivity index (χ1v) is 19.1. The topological polar surface area (TPSA) is 207 Å². The number of carbonyl (C=O) groups excluding carboxylic acids is 3. The van der Waals surface area contributed by atoms with E-state index >= 15 is 4.39 Å². The maximum Gasteiger partial charge on any atom is 0.254 e. The Kier molecular flexibility index (Phi) is 16.0. The molecule has 3 aromatic rings. The van der Waals surface area contributed by atoms with Gasteiger partial charge in [-0.2, -0.15) is 0 Å². The number of aliphatic hydroxyl groups is 1. The maximum absolute atomic E-state index is 15.3. The Morgan fingerprint density at radius 3 is 2.48 bits per heavy atom. The van der Waals surface area contributed by atoms with E-state index in [4.69, 9.17) is 20.1 Å². The molecular formula is C37H46F2N6O8S. The molecule has 0 aliphatic carbocycles. The molecule has 2 amide bonds. The first-order valence-electron chi connectivity index (χ1n) is 17.0. The number of aliphatic hydroxyl groups excluding tert-OH is 1. The summed E-state index contributed by atoms with van der Waals surface area (Å²) < 4.78 is 65.4. The number of carbonyl (C=O) groups is 3. The van der Waals surface area contributed by atoms with E-state index in [2.05, 4.69) is 20.8 Å². The average molecular weight is 773 g/mol. The summed E-state index contributed by atoms with van der Waals surface area (Å²) in [6, 6.07) is 5.22. The predicted molar refractivity (Wildman–Crippen MR) is 199 cm³/mol. The van der Waals surface area contributed by atoms with Crippen molar-refractivity contribution in [3.8, 4) is 5.88 Å². The van der Waals surface area contributed by atoms with Crippen LogP contribution in [0.5, 0.6) is 5.88 Å². The lowest BCUT2D eigenvalue weighted by atomic mass is 9.91. The van der Waals surface area contributed by atoms with Crippen molar-refractivity contribution in [3.05, 3.63) is 94.2 Å². The molecule has 1 unspecified atom stereocenters. The van der Waals surface area contributed by atoms with Gasteiger partial charge in [0.2, 0.25) is 6.41 Å². The summed E-state index contributed by atoms with van der Waals surface area (Å²) in [7, 11) is -2.67. The zero-order valence-electron chi connectivity index (χ0n) is 30.8. The van der Waals surface area contributed by atoms with E-state index in [-0.39, 0.29) is 47.5 Å². The van der Waals surface area contributed by atoms with E-state index in [9.17, 15) is 27.2 Å². The number of unbranched alkanes of at least 4 members (excludes halogenated alkanes) is 2. The molecule has 54 heavy (non-hydrogen) atoms. The summed E-state index contributed by atoms with van der Waals surface area (Å²) in [6.45, 7) is 6.03. The summed E-state index contributed by atoms with van der Waals surface area (Å²) in [4.78, 5) is 41.9. The van der Waals surface area contributed by atoms with Crippen LogP contribution in [0.25, 0.3) is 5.57 Å². The van der Waals surface area contributed by atoms with Crippen molar-refractivity contribution in [1.82, 2.24) is 20.8 Å². The van der Waals surface area contributed by atoms with E-state index in [0.29, 0.717) is 66.4 Å². The van der Waals surface area contributed by atoms with Gasteiger partial charge >= 0.3 is 0 Å². The fourth-order valence-corrected chi connectivity index (χ4v) is 6.63. The van der Waals surface area contributed by atoms with Crippen LogP contribution in [0.1, 0.15) is 73.2 Å². The summed E-state index contributed by atoms with van der Waals surface area (Å²) in [6.07, 6.45) is 9.41. The quantitative estimate of drug-likeness (QED) is 0.118. The van der Waals surface area contributed by atoms with Gasteiger partial charge in [0, 0.05) is 54.9 Å². The number of aromatic nitrogens is 2. The van der Waals surface area contributed by atoms with Gasteiger partial charge in [0.25, 0.3) is 11.8 Å². The number of benzene rings is 1. The van der Waals surface area contributed by atoms with Crippen LogP contribution >= 0.6 is 0 Å². The Morgan fingerprint density at radius 1 is 1.13 bits per heavy atom. The minimum Gasteiger partial charge on any atom is -0.476 e. The van der Waals surface area contributed by atoms with E-state index in [1.165, 1.54) is 29.4 Å². The van der Waals surface area contributed by atoms with E-state index in [0.717, 1.165) is 25.8 Å². The Bertz CT molecular complexity index is 2000. The molecule has 2 aromatic heterocycles. The molecule has 0 bridgehead atoms. The minimum absolute atomic E-state index is 0.0155. The predicted octanol–water partition coefficient (Wildman–Crippen LogP) is 4.45. The highest BCUT2D eigenvalue weighted by molar-refractivity contribution is 7.89. The zero-order valence-corrected chi connectivity index (χ0v) is 31.6. The number of pyridine rings is 1. The Hall–Kier alpha value is -5.42. The molecule has 1 aliphatic heterocycles. The molecule has 0 saturated heterocycles. The Morgan fingerprint density at radius 2 is 1.87 bits per heavy atom. The first kappa shape index (κ1) is 43.0. The van der Waals surface area contributed by atoms with Crippen LogP contribution in [0.3, 0.4) is 0 Å². The summed E-state index contributed by atoms with van der Waals surface area (Å²) in [5, 5.41) is 16.2. The van der Waals surface area contributed by atoms with Crippen molar-refractivity contribution in [1.29, 1.82) is 0 Å². The number of fused-ring (bicyclic) bond motifs is 1. The minimum atomic E-state index is -3.67. The third-order valence-corrected chi connectivity index (χ3v) is 9.15. The molecule has 292 valence electrons. The van der Waals surface area contributed by atoms with Gasteiger partial charge in [-0.05, 0) is 72.3 Å². The highest BCUT2D eigenvalue weighted by Crippen LogP contribution is 2.43. The number of hydrogen-bond donors (Lipinski definition) is 4. The lowest BCUT2D eigenvalue weighted by molar-refractivity contribution is -0.110. The van der Waals surface area contributed by atoms with Crippen LogP contribution in [0.4, 0.5) is 20.3 Å². The fourth-order valence-electron chi connectivity index (χ4n) is 5.82. The zero-order chi connectivity index (χ0) is 40.0.